The molecular weight excluding hydrogens is 617 g/mol. The van der Waals surface area contributed by atoms with E-state index in [1.165, 1.54) is 30.6 Å². The molecule has 1 unspecified atom stereocenters. The van der Waals surface area contributed by atoms with E-state index in [1.807, 2.05) is 42.2 Å². The second-order valence-electron chi connectivity index (χ2n) is 10.3. The number of para-hydroxylation sites is 1. The second kappa shape index (κ2) is 12.5. The summed E-state index contributed by atoms with van der Waals surface area (Å²) in [6.45, 7) is 2.19. The Morgan fingerprint density at radius 1 is 0.957 bits per heavy atom. The number of amidine groups is 1. The maximum absolute atomic E-state index is 14.8. The summed E-state index contributed by atoms with van der Waals surface area (Å²) in [5.74, 6) is -2.07. The maximum atomic E-state index is 14.8. The van der Waals surface area contributed by atoms with E-state index in [-0.39, 0.29) is 29.0 Å². The lowest BCUT2D eigenvalue weighted by Crippen LogP contribution is -2.44. The molecule has 14 heteroatoms. The van der Waals surface area contributed by atoms with Crippen LogP contribution >= 0.6 is 0 Å². The lowest BCUT2D eigenvalue weighted by molar-refractivity contribution is 0.511. The molecule has 4 N–H and O–H groups in total. The van der Waals surface area contributed by atoms with Gasteiger partial charge in [-0.05, 0) is 48.9 Å². The average molecular weight is 645 g/mol. The van der Waals surface area contributed by atoms with Crippen molar-refractivity contribution >= 4 is 44.7 Å². The largest absolute Gasteiger partial charge is 0.368 e. The van der Waals surface area contributed by atoms with Gasteiger partial charge in [0, 0.05) is 41.0 Å². The number of nitrogens with zero attached hydrogens (tertiary/aromatic N) is 5. The molecule has 3 heterocycles. The molecule has 234 valence electrons. The highest BCUT2D eigenvalue weighted by atomic mass is 32.2. The summed E-state index contributed by atoms with van der Waals surface area (Å²) in [6, 6.07) is 18.2. The summed E-state index contributed by atoms with van der Waals surface area (Å²) in [6.07, 6.45) is 4.43. The van der Waals surface area contributed by atoms with Crippen molar-refractivity contribution in [2.24, 2.45) is 4.99 Å². The zero-order valence-corrected chi connectivity index (χ0v) is 25.1. The fourth-order valence-corrected chi connectivity index (χ4v) is 6.11. The van der Waals surface area contributed by atoms with Gasteiger partial charge in [0.1, 0.15) is 22.4 Å². The average Bonchev–Trinajstić information content (AvgIpc) is 3.06. The van der Waals surface area contributed by atoms with Crippen LogP contribution in [0.2, 0.25) is 0 Å². The minimum Gasteiger partial charge on any atom is -0.368 e. The molecule has 1 aliphatic heterocycles. The van der Waals surface area contributed by atoms with Crippen LogP contribution < -0.4 is 20.7 Å². The summed E-state index contributed by atoms with van der Waals surface area (Å²) in [7, 11) is -4.38. The first kappa shape index (κ1) is 30.5. The number of rotatable bonds is 9. The van der Waals surface area contributed by atoms with E-state index < -0.39 is 33.4 Å². The first-order chi connectivity index (χ1) is 22.1. The van der Waals surface area contributed by atoms with Crippen molar-refractivity contribution in [1.82, 2.24) is 15.0 Å². The minimum atomic E-state index is -4.38. The molecule has 0 amide bonds. The van der Waals surface area contributed by atoms with E-state index in [2.05, 4.69) is 25.0 Å². The van der Waals surface area contributed by atoms with Gasteiger partial charge in [-0.1, -0.05) is 37.3 Å². The highest BCUT2D eigenvalue weighted by Gasteiger charge is 2.30. The number of fused-ring (bicyclic) bond motifs is 1. The zero-order chi connectivity index (χ0) is 32.4. The number of anilines is 4. The Bertz CT molecular complexity index is 2060. The molecule has 46 heavy (non-hydrogen) atoms. The summed E-state index contributed by atoms with van der Waals surface area (Å²) in [5.41, 5.74) is 7.88. The molecule has 5 aromatic rings. The summed E-state index contributed by atoms with van der Waals surface area (Å²) >= 11 is 0. The number of sulfonamides is 1. The number of hydrogen-bond donors (Lipinski definition) is 3. The van der Waals surface area contributed by atoms with Crippen LogP contribution in [0.15, 0.2) is 101 Å². The van der Waals surface area contributed by atoms with Crippen molar-refractivity contribution in [3.8, 4) is 11.1 Å². The van der Waals surface area contributed by atoms with Crippen LogP contribution in [0.4, 0.5) is 42.0 Å². The molecule has 10 nitrogen and oxygen atoms in total. The molecule has 0 aliphatic carbocycles. The topological polar surface area (TPSA) is 138 Å². The fraction of sp³-hybridized carbons (Fsp3) is 0.125. The van der Waals surface area contributed by atoms with Crippen molar-refractivity contribution in [2.75, 3.05) is 20.7 Å². The van der Waals surface area contributed by atoms with Crippen molar-refractivity contribution < 1.29 is 21.6 Å². The van der Waals surface area contributed by atoms with Gasteiger partial charge in [-0.2, -0.15) is 4.98 Å². The molecule has 1 atom stereocenters. The Labute approximate surface area is 262 Å². The van der Waals surface area contributed by atoms with Gasteiger partial charge in [-0.3, -0.25) is 9.71 Å². The fourth-order valence-electron chi connectivity index (χ4n) is 5.06. The molecule has 0 saturated heterocycles. The number of halogens is 3. The highest BCUT2D eigenvalue weighted by Crippen LogP contribution is 2.34. The number of nitrogen functional groups attached to an aromatic ring is 1. The van der Waals surface area contributed by atoms with Crippen molar-refractivity contribution in [1.29, 1.82) is 0 Å². The third-order valence-electron chi connectivity index (χ3n) is 7.36. The molecule has 0 spiro atoms. The SMILES string of the molecule is CCC(Nc1nc(N)ncc1-c1cncc(S(=O)(=O)Nc2cccc(F)c2F)c1)C1=Nc2cccc(F)c2CN1c1ccccc1. The first-order valence-electron chi connectivity index (χ1n) is 14.1. The molecular formula is C32H27F3N8O2S. The van der Waals surface area contributed by atoms with Gasteiger partial charge in [0.15, 0.2) is 11.6 Å². The number of nitrogens with one attached hydrogen (secondary N) is 2. The van der Waals surface area contributed by atoms with Crippen molar-refractivity contribution in [3.63, 3.8) is 0 Å². The monoisotopic (exact) mass is 644 g/mol. The van der Waals surface area contributed by atoms with Crippen LogP contribution in [0.3, 0.4) is 0 Å². The molecule has 3 aromatic carbocycles. The lowest BCUT2D eigenvalue weighted by Gasteiger charge is -2.35. The van der Waals surface area contributed by atoms with E-state index in [1.54, 1.807) is 12.1 Å². The number of pyridine rings is 1. The van der Waals surface area contributed by atoms with E-state index in [9.17, 15) is 21.6 Å². The minimum absolute atomic E-state index is 0.0426. The van der Waals surface area contributed by atoms with Gasteiger partial charge in [0.2, 0.25) is 5.95 Å². The molecule has 6 rings (SSSR count). The summed E-state index contributed by atoms with van der Waals surface area (Å²) in [4.78, 5) is 19.1. The first-order valence-corrected chi connectivity index (χ1v) is 15.6. The Balaban J connectivity index is 1.37. The van der Waals surface area contributed by atoms with Crippen LogP contribution in [-0.2, 0) is 16.6 Å². The predicted molar refractivity (Wildman–Crippen MR) is 171 cm³/mol. The summed E-state index contributed by atoms with van der Waals surface area (Å²) < 4.78 is 71.2. The number of aromatic nitrogens is 3. The standard InChI is InChI=1S/C32H27F3N8O2S/c1-2-26(31-40-27-12-6-10-24(33)23(27)18-43(31)20-8-4-3-5-9-20)39-30-22(17-38-32(36)41-30)19-14-21(16-37-15-19)46(44,45)42-28-13-7-11-25(34)29(28)35/h3-17,26,42H,2,18H2,1H3,(H3,36,38,39,41). The molecule has 0 saturated carbocycles. The normalized spacial score (nSPS) is 13.5. The lowest BCUT2D eigenvalue weighted by atomic mass is 10.0. The van der Waals surface area contributed by atoms with E-state index in [0.717, 1.165) is 24.0 Å². The van der Waals surface area contributed by atoms with Crippen LogP contribution in [0.5, 0.6) is 0 Å². The van der Waals surface area contributed by atoms with Crippen molar-refractivity contribution in [2.45, 2.75) is 30.8 Å². The molecule has 2 aromatic heterocycles. The van der Waals surface area contributed by atoms with Crippen LogP contribution in [0, 0.1) is 17.5 Å². The smallest absolute Gasteiger partial charge is 0.263 e. The van der Waals surface area contributed by atoms with Gasteiger partial charge in [-0.25, -0.2) is 31.6 Å². The zero-order valence-electron chi connectivity index (χ0n) is 24.3. The van der Waals surface area contributed by atoms with Gasteiger partial charge < -0.3 is 16.0 Å². The van der Waals surface area contributed by atoms with Crippen LogP contribution in [-0.4, -0.2) is 35.2 Å². The highest BCUT2D eigenvalue weighted by molar-refractivity contribution is 7.92. The van der Waals surface area contributed by atoms with Gasteiger partial charge in [-0.15, -0.1) is 0 Å². The maximum Gasteiger partial charge on any atom is 0.263 e. The Morgan fingerprint density at radius 3 is 2.50 bits per heavy atom. The van der Waals surface area contributed by atoms with E-state index in [4.69, 9.17) is 10.7 Å². The number of hydrogen-bond acceptors (Lipinski definition) is 9. The summed E-state index contributed by atoms with van der Waals surface area (Å²) in [5, 5.41) is 3.38. The van der Waals surface area contributed by atoms with Crippen LogP contribution in [0.1, 0.15) is 18.9 Å². The Hall–Kier alpha value is -5.50. The van der Waals surface area contributed by atoms with Gasteiger partial charge in [0.05, 0.1) is 24.0 Å². The van der Waals surface area contributed by atoms with E-state index in [0.29, 0.717) is 34.6 Å². The Kier molecular flexibility index (Phi) is 8.28. The third-order valence-corrected chi connectivity index (χ3v) is 8.69. The van der Waals surface area contributed by atoms with Gasteiger partial charge in [0.25, 0.3) is 10.0 Å². The Morgan fingerprint density at radius 2 is 1.72 bits per heavy atom. The molecule has 1 aliphatic rings. The number of benzene rings is 3. The number of nitrogens with two attached hydrogens (primary N) is 1. The molecule has 0 bridgehead atoms. The third kappa shape index (κ3) is 6.06. The predicted octanol–water partition coefficient (Wildman–Crippen LogP) is 6.28. The molecule has 0 radical (unpaired) electrons. The number of aliphatic imine (C=N–C) groups is 1. The van der Waals surface area contributed by atoms with Crippen molar-refractivity contribution in [3.05, 3.63) is 114 Å². The quantitative estimate of drug-likeness (QED) is 0.171. The van der Waals surface area contributed by atoms with E-state index >= 15 is 0 Å². The van der Waals surface area contributed by atoms with Crippen LogP contribution in [0.25, 0.3) is 11.1 Å². The molecule has 0 fully saturated rings. The van der Waals surface area contributed by atoms with Gasteiger partial charge >= 0.3 is 0 Å². The second-order valence-corrected chi connectivity index (χ2v) is 12.0.